The van der Waals surface area contributed by atoms with E-state index in [4.69, 9.17) is 0 Å². The monoisotopic (exact) mass is 367 g/mol. The molecule has 6 heteroatoms. The van der Waals surface area contributed by atoms with Crippen molar-refractivity contribution >= 4 is 22.5 Å². The maximum Gasteiger partial charge on any atom is 0.212 e. The van der Waals surface area contributed by atoms with E-state index in [0.29, 0.717) is 47.4 Å². The average Bonchev–Trinajstić information content (AvgIpc) is 2.67. The lowest BCUT2D eigenvalue weighted by molar-refractivity contribution is 0.0954. The van der Waals surface area contributed by atoms with E-state index in [1.807, 2.05) is 18.7 Å². The number of ketones is 2. The van der Waals surface area contributed by atoms with Gasteiger partial charge in [0.15, 0.2) is 5.78 Å². The van der Waals surface area contributed by atoms with Crippen molar-refractivity contribution in [3.63, 3.8) is 0 Å². The highest BCUT2D eigenvalue weighted by Crippen LogP contribution is 2.28. The smallest absolute Gasteiger partial charge is 0.212 e. The first-order chi connectivity index (χ1) is 13.0. The quantitative estimate of drug-likeness (QED) is 0.760. The largest absolute Gasteiger partial charge is 0.369 e. The third-order valence-electron chi connectivity index (χ3n) is 5.13. The van der Waals surface area contributed by atoms with E-state index in [1.165, 1.54) is 6.08 Å². The number of aromatic nitrogens is 2. The van der Waals surface area contributed by atoms with Gasteiger partial charge in [0.25, 0.3) is 0 Å². The van der Waals surface area contributed by atoms with Crippen LogP contribution in [0.3, 0.4) is 0 Å². The lowest BCUT2D eigenvalue weighted by atomic mass is 9.89. The van der Waals surface area contributed by atoms with Gasteiger partial charge in [0.2, 0.25) is 11.2 Å². The molecule has 1 aliphatic rings. The number of likely N-dealkylation sites (N-methyl/N-ethyl adjacent to an activating group) is 1. The Morgan fingerprint density at radius 1 is 1.04 bits per heavy atom. The molecular weight excluding hydrogens is 342 g/mol. The van der Waals surface area contributed by atoms with Crippen molar-refractivity contribution in [2.24, 2.45) is 0 Å². The van der Waals surface area contributed by atoms with Crippen LogP contribution >= 0.6 is 0 Å². The van der Waals surface area contributed by atoms with Gasteiger partial charge in [-0.1, -0.05) is 19.8 Å². The number of hydrogen-bond donors (Lipinski definition) is 1. The molecule has 1 N–H and O–H groups in total. The van der Waals surface area contributed by atoms with Crippen LogP contribution in [-0.4, -0.2) is 39.8 Å². The summed E-state index contributed by atoms with van der Waals surface area (Å²) in [7, 11) is 0. The first kappa shape index (κ1) is 19.0. The molecule has 142 valence electrons. The topological polar surface area (TPSA) is 83.1 Å². The van der Waals surface area contributed by atoms with Crippen molar-refractivity contribution in [3.05, 3.63) is 50.9 Å². The maximum absolute atomic E-state index is 13.1. The van der Waals surface area contributed by atoms with Crippen LogP contribution in [0.1, 0.15) is 66.4 Å². The number of aromatic amines is 1. The fourth-order valence-electron chi connectivity index (χ4n) is 3.59. The Morgan fingerprint density at radius 3 is 2.44 bits per heavy atom. The molecule has 0 aliphatic heterocycles. The molecule has 0 saturated heterocycles. The molecule has 6 nitrogen and oxygen atoms in total. The summed E-state index contributed by atoms with van der Waals surface area (Å²) in [6.45, 7) is 7.23. The predicted molar refractivity (Wildman–Crippen MR) is 105 cm³/mol. The molecule has 1 heterocycles. The Bertz CT molecular complexity index is 984. The van der Waals surface area contributed by atoms with Gasteiger partial charge in [0.1, 0.15) is 5.69 Å². The zero-order valence-corrected chi connectivity index (χ0v) is 16.1. The van der Waals surface area contributed by atoms with E-state index in [9.17, 15) is 14.4 Å². The van der Waals surface area contributed by atoms with Crippen LogP contribution < -0.4 is 5.43 Å². The number of carbonyl (C=O) groups is 2. The van der Waals surface area contributed by atoms with Gasteiger partial charge in [-0.15, -0.1) is 0 Å². The fraction of sp³-hybridized carbons (Fsp3) is 0.429. The Hall–Kier alpha value is -2.76. The van der Waals surface area contributed by atoms with Gasteiger partial charge < -0.3 is 4.90 Å². The Labute approximate surface area is 158 Å². The van der Waals surface area contributed by atoms with Gasteiger partial charge in [-0.05, 0) is 38.8 Å². The van der Waals surface area contributed by atoms with Gasteiger partial charge in [-0.3, -0.25) is 19.5 Å². The second-order valence-electron chi connectivity index (χ2n) is 6.76. The maximum atomic E-state index is 13.1. The first-order valence-corrected chi connectivity index (χ1v) is 9.63. The van der Waals surface area contributed by atoms with Crippen molar-refractivity contribution in [1.82, 2.24) is 15.1 Å². The number of allylic oxidation sites excluding steroid dienone is 2. The number of aryl methyl sites for hydroxylation is 1. The van der Waals surface area contributed by atoms with Crippen LogP contribution in [0.4, 0.5) is 0 Å². The summed E-state index contributed by atoms with van der Waals surface area (Å²) in [5.74, 6) is -0.462. The number of Topliss-reactive ketones (excluding diaryl/α,β-unsaturated/α-hetero) is 1. The summed E-state index contributed by atoms with van der Waals surface area (Å²) in [6.07, 6.45) is 5.00. The SMILES string of the molecule is CCCCCc1n[nH]c2c3c(ccc2c1=O)C(=O)C=C(N(CC)CC)C3=O. The molecule has 0 fully saturated rings. The van der Waals surface area contributed by atoms with E-state index < -0.39 is 0 Å². The van der Waals surface area contributed by atoms with Crippen molar-refractivity contribution < 1.29 is 9.59 Å². The highest BCUT2D eigenvalue weighted by Gasteiger charge is 2.30. The number of hydrogen-bond acceptors (Lipinski definition) is 5. The van der Waals surface area contributed by atoms with Crippen LogP contribution in [0, 0.1) is 0 Å². The molecule has 1 aliphatic carbocycles. The minimum Gasteiger partial charge on any atom is -0.369 e. The van der Waals surface area contributed by atoms with E-state index in [0.717, 1.165) is 19.3 Å². The third-order valence-corrected chi connectivity index (χ3v) is 5.13. The van der Waals surface area contributed by atoms with Gasteiger partial charge in [0, 0.05) is 30.1 Å². The molecule has 3 rings (SSSR count). The van der Waals surface area contributed by atoms with Gasteiger partial charge in [0.05, 0.1) is 16.8 Å². The molecule has 0 bridgehead atoms. The number of H-pyrrole nitrogens is 1. The first-order valence-electron chi connectivity index (χ1n) is 9.63. The fourth-order valence-corrected chi connectivity index (χ4v) is 3.59. The molecule has 0 atom stereocenters. The minimum atomic E-state index is -0.241. The predicted octanol–water partition coefficient (Wildman–Crippen LogP) is 3.26. The van der Waals surface area contributed by atoms with Crippen LogP contribution in [0.2, 0.25) is 0 Å². The number of nitrogens with zero attached hydrogens (tertiary/aromatic N) is 2. The number of rotatable bonds is 7. The molecule has 27 heavy (non-hydrogen) atoms. The van der Waals surface area contributed by atoms with Crippen LogP contribution in [0.15, 0.2) is 28.7 Å². The summed E-state index contributed by atoms with van der Waals surface area (Å²) in [5.41, 5.74) is 1.61. The molecule has 1 aromatic carbocycles. The molecule has 1 aromatic heterocycles. The van der Waals surface area contributed by atoms with E-state index in [-0.39, 0.29) is 22.6 Å². The molecule has 0 radical (unpaired) electrons. The zero-order valence-electron chi connectivity index (χ0n) is 16.1. The minimum absolute atomic E-state index is 0.165. The summed E-state index contributed by atoms with van der Waals surface area (Å²) in [5, 5.41) is 7.53. The summed E-state index contributed by atoms with van der Waals surface area (Å²) >= 11 is 0. The second kappa shape index (κ2) is 7.86. The van der Waals surface area contributed by atoms with E-state index in [2.05, 4.69) is 17.1 Å². The van der Waals surface area contributed by atoms with Crippen molar-refractivity contribution in [1.29, 1.82) is 0 Å². The van der Waals surface area contributed by atoms with Gasteiger partial charge in [-0.2, -0.15) is 5.10 Å². The van der Waals surface area contributed by atoms with Gasteiger partial charge >= 0.3 is 0 Å². The lowest BCUT2D eigenvalue weighted by Crippen LogP contribution is -2.32. The summed E-state index contributed by atoms with van der Waals surface area (Å²) in [6, 6.07) is 3.21. The number of nitrogens with one attached hydrogen (secondary N) is 1. The van der Waals surface area contributed by atoms with Crippen molar-refractivity contribution in [2.75, 3.05) is 13.1 Å². The molecule has 0 saturated carbocycles. The third kappa shape index (κ3) is 3.31. The number of carbonyl (C=O) groups excluding carboxylic acids is 2. The van der Waals surface area contributed by atoms with Crippen molar-refractivity contribution in [3.8, 4) is 0 Å². The second-order valence-corrected chi connectivity index (χ2v) is 6.76. The molecular formula is C21H25N3O3. The van der Waals surface area contributed by atoms with Crippen molar-refractivity contribution in [2.45, 2.75) is 46.5 Å². The van der Waals surface area contributed by atoms with Crippen LogP contribution in [-0.2, 0) is 6.42 Å². The Balaban J connectivity index is 2.13. The Kier molecular flexibility index (Phi) is 5.54. The van der Waals surface area contributed by atoms with E-state index in [1.54, 1.807) is 12.1 Å². The number of benzene rings is 1. The number of fused-ring (bicyclic) bond motifs is 3. The number of unbranched alkanes of at least 4 members (excludes halogenated alkanes) is 2. The highest BCUT2D eigenvalue weighted by atomic mass is 16.1. The molecule has 0 unspecified atom stereocenters. The van der Waals surface area contributed by atoms with Gasteiger partial charge in [-0.25, -0.2) is 0 Å². The molecule has 0 spiro atoms. The van der Waals surface area contributed by atoms with E-state index >= 15 is 0 Å². The molecule has 0 amide bonds. The van der Waals surface area contributed by atoms with Crippen LogP contribution in [0.5, 0.6) is 0 Å². The zero-order chi connectivity index (χ0) is 19.6. The standard InChI is InChI=1S/C21H25N3O3/c1-4-7-8-9-15-20(26)14-11-10-13-17(25)12-16(24(5-2)6-3)21(27)18(13)19(14)23-22-15/h10-12H,4-9H2,1-3H3,(H,23,26). The Morgan fingerprint density at radius 2 is 1.78 bits per heavy atom. The normalized spacial score (nSPS) is 13.7. The summed E-state index contributed by atoms with van der Waals surface area (Å²) < 4.78 is 0. The summed E-state index contributed by atoms with van der Waals surface area (Å²) in [4.78, 5) is 40.4. The molecule has 2 aromatic rings. The highest BCUT2D eigenvalue weighted by molar-refractivity contribution is 6.28. The van der Waals surface area contributed by atoms with Crippen LogP contribution in [0.25, 0.3) is 10.9 Å². The average molecular weight is 367 g/mol. The lowest BCUT2D eigenvalue weighted by Gasteiger charge is -2.26.